The van der Waals surface area contributed by atoms with Gasteiger partial charge in [-0.15, -0.1) is 0 Å². The molecule has 0 bridgehead atoms. The summed E-state index contributed by atoms with van der Waals surface area (Å²) in [4.78, 5) is 0. The third kappa shape index (κ3) is 6.96. The predicted molar refractivity (Wildman–Crippen MR) is 124 cm³/mol. The Balaban J connectivity index is 2.44. The van der Waals surface area contributed by atoms with E-state index in [1.165, 1.54) is 50.5 Å². The van der Waals surface area contributed by atoms with Crippen molar-refractivity contribution in [1.29, 1.82) is 0 Å². The number of rotatable bonds is 13. The summed E-state index contributed by atoms with van der Waals surface area (Å²) < 4.78 is 5.57. The molecule has 0 spiro atoms. The Labute approximate surface area is 172 Å². The Morgan fingerprint density at radius 2 is 1.07 bits per heavy atom. The third-order valence-corrected chi connectivity index (χ3v) is 23.6. The van der Waals surface area contributed by atoms with Crippen molar-refractivity contribution in [3.63, 3.8) is 0 Å². The van der Waals surface area contributed by atoms with Crippen molar-refractivity contribution in [2.24, 2.45) is 0 Å². The van der Waals surface area contributed by atoms with Gasteiger partial charge >= 0.3 is 173 Å². The standard InChI is InChI=1S/C14H13.3C4H9.Sn/c1-3-7-13(8-4-1)11-12-14-9-5-2-6-10-14;3*1-3-4-2;/h1-11H,12H2;3*1,3-4H2,2H3;. The van der Waals surface area contributed by atoms with Crippen molar-refractivity contribution in [1.82, 2.24) is 0 Å². The van der Waals surface area contributed by atoms with Crippen LogP contribution in [0, 0.1) is 0 Å². The minimum absolute atomic E-state index is 0.826. The first-order valence-corrected chi connectivity index (χ1v) is 19.0. The normalized spacial score (nSPS) is 12.9. The molecule has 0 nitrogen and oxygen atoms in total. The molecule has 0 aliphatic heterocycles. The van der Waals surface area contributed by atoms with E-state index in [1.54, 1.807) is 18.9 Å². The molecule has 27 heavy (non-hydrogen) atoms. The number of hydrogen-bond donors (Lipinski definition) is 0. The zero-order valence-electron chi connectivity index (χ0n) is 17.9. The van der Waals surface area contributed by atoms with Crippen LogP contribution in [0.15, 0.2) is 60.7 Å². The predicted octanol–water partition coefficient (Wildman–Crippen LogP) is 8.40. The molecule has 0 aliphatic rings. The van der Waals surface area contributed by atoms with E-state index in [1.807, 2.05) is 0 Å². The van der Waals surface area contributed by atoms with Crippen molar-refractivity contribution in [2.75, 3.05) is 0 Å². The van der Waals surface area contributed by atoms with Crippen LogP contribution in [-0.4, -0.2) is 18.4 Å². The van der Waals surface area contributed by atoms with E-state index in [0.29, 0.717) is 0 Å². The van der Waals surface area contributed by atoms with Gasteiger partial charge in [-0.25, -0.2) is 0 Å². The molecule has 2 rings (SSSR count). The zero-order chi connectivity index (χ0) is 19.4. The Hall–Kier alpha value is -0.761. The van der Waals surface area contributed by atoms with Gasteiger partial charge in [-0.3, -0.25) is 0 Å². The van der Waals surface area contributed by atoms with Gasteiger partial charge in [0.15, 0.2) is 0 Å². The monoisotopic (exact) mass is 472 g/mol. The summed E-state index contributed by atoms with van der Waals surface area (Å²) >= 11 is -2.35. The Bertz CT molecular complexity index is 583. The van der Waals surface area contributed by atoms with E-state index < -0.39 is 18.4 Å². The van der Waals surface area contributed by atoms with Crippen LogP contribution in [0.25, 0.3) is 0 Å². The molecule has 0 unspecified atom stereocenters. The van der Waals surface area contributed by atoms with Gasteiger partial charge in [0.1, 0.15) is 0 Å². The van der Waals surface area contributed by atoms with E-state index in [-0.39, 0.29) is 0 Å². The number of unbranched alkanes of at least 4 members (excludes halogenated alkanes) is 3. The van der Waals surface area contributed by atoms with E-state index >= 15 is 0 Å². The van der Waals surface area contributed by atoms with Crippen LogP contribution in [0.3, 0.4) is 0 Å². The molecule has 148 valence electrons. The average molecular weight is 471 g/mol. The first-order chi connectivity index (χ1) is 13.3. The summed E-state index contributed by atoms with van der Waals surface area (Å²) in [5.41, 5.74) is 3.18. The molecule has 0 saturated heterocycles. The molecule has 0 radical (unpaired) electrons. The van der Waals surface area contributed by atoms with Gasteiger partial charge in [-0.1, -0.05) is 0 Å². The molecule has 2 aromatic carbocycles. The summed E-state index contributed by atoms with van der Waals surface area (Å²) in [6.07, 6.45) is 9.65. The van der Waals surface area contributed by atoms with Gasteiger partial charge in [0.25, 0.3) is 0 Å². The second kappa shape index (κ2) is 12.6. The molecular formula is C26H40Sn. The summed E-state index contributed by atoms with van der Waals surface area (Å²) in [6.45, 7) is 7.14. The Kier molecular flexibility index (Phi) is 10.6. The van der Waals surface area contributed by atoms with Crippen molar-refractivity contribution < 1.29 is 0 Å². The molecule has 0 N–H and O–H groups in total. The SMILES string of the molecule is CCC[CH2][Sn]([CH2]CCC)([CH2]CCC)[C@H](Cc1ccccc1)c1ccccc1. The molecule has 0 amide bonds. The number of hydrogen-bond acceptors (Lipinski definition) is 0. The molecule has 0 aliphatic carbocycles. The molecule has 0 fully saturated rings. The number of benzene rings is 2. The van der Waals surface area contributed by atoms with Crippen molar-refractivity contribution in [3.8, 4) is 0 Å². The van der Waals surface area contributed by atoms with Crippen LogP contribution in [0.1, 0.15) is 74.4 Å². The fourth-order valence-corrected chi connectivity index (χ4v) is 23.4. The molecule has 0 aromatic heterocycles. The van der Waals surface area contributed by atoms with Crippen LogP contribution in [-0.2, 0) is 6.42 Å². The minimum atomic E-state index is -2.35. The zero-order valence-corrected chi connectivity index (χ0v) is 20.8. The Morgan fingerprint density at radius 3 is 1.52 bits per heavy atom. The quantitative estimate of drug-likeness (QED) is 0.257. The maximum atomic E-state index is 2.43. The van der Waals surface area contributed by atoms with Gasteiger partial charge in [0, 0.05) is 0 Å². The maximum absolute atomic E-state index is 2.43. The second-order valence-electron chi connectivity index (χ2n) is 8.33. The fraction of sp³-hybridized carbons (Fsp3) is 0.538. The molecular weight excluding hydrogens is 431 g/mol. The second-order valence-corrected chi connectivity index (χ2v) is 22.4. The molecule has 0 heterocycles. The summed E-state index contributed by atoms with van der Waals surface area (Å²) in [6, 6.07) is 22.9. The third-order valence-electron chi connectivity index (χ3n) is 6.31. The molecule has 1 atom stereocenters. The van der Waals surface area contributed by atoms with Crippen molar-refractivity contribution in [3.05, 3.63) is 71.8 Å². The van der Waals surface area contributed by atoms with Gasteiger partial charge in [-0.2, -0.15) is 0 Å². The molecule has 2 aromatic rings. The fourth-order valence-electron chi connectivity index (χ4n) is 4.71. The van der Waals surface area contributed by atoms with Crippen molar-refractivity contribution >= 4 is 18.4 Å². The van der Waals surface area contributed by atoms with Crippen LogP contribution in [0.4, 0.5) is 0 Å². The van der Waals surface area contributed by atoms with E-state index in [2.05, 4.69) is 81.4 Å². The van der Waals surface area contributed by atoms with Gasteiger partial charge in [0.05, 0.1) is 0 Å². The Morgan fingerprint density at radius 1 is 0.630 bits per heavy atom. The topological polar surface area (TPSA) is 0 Å². The van der Waals surface area contributed by atoms with E-state index in [0.717, 1.165) is 3.93 Å². The van der Waals surface area contributed by atoms with Crippen LogP contribution >= 0.6 is 0 Å². The van der Waals surface area contributed by atoms with Gasteiger partial charge < -0.3 is 0 Å². The van der Waals surface area contributed by atoms with E-state index in [4.69, 9.17) is 0 Å². The molecule has 1 heteroatoms. The van der Waals surface area contributed by atoms with Gasteiger partial charge in [-0.05, 0) is 0 Å². The summed E-state index contributed by atoms with van der Waals surface area (Å²) in [7, 11) is 0. The van der Waals surface area contributed by atoms with E-state index in [9.17, 15) is 0 Å². The van der Waals surface area contributed by atoms with Crippen LogP contribution in [0.2, 0.25) is 13.3 Å². The average Bonchev–Trinajstić information content (AvgIpc) is 2.73. The van der Waals surface area contributed by atoms with Gasteiger partial charge in [0.2, 0.25) is 0 Å². The van der Waals surface area contributed by atoms with Crippen molar-refractivity contribution in [2.45, 2.75) is 83.0 Å². The van der Waals surface area contributed by atoms with Crippen LogP contribution < -0.4 is 0 Å². The summed E-state index contributed by atoms with van der Waals surface area (Å²) in [5.74, 6) is 0. The van der Waals surface area contributed by atoms with Crippen LogP contribution in [0.5, 0.6) is 0 Å². The first-order valence-electron chi connectivity index (χ1n) is 11.3. The first kappa shape index (κ1) is 22.5. The summed E-state index contributed by atoms with van der Waals surface area (Å²) in [5, 5.41) is 0. The molecule has 0 saturated carbocycles.